The van der Waals surface area contributed by atoms with E-state index in [-0.39, 0.29) is 24.0 Å². The van der Waals surface area contributed by atoms with Crippen molar-refractivity contribution in [2.75, 3.05) is 4.90 Å². The molecule has 9 heteroatoms. The second kappa shape index (κ2) is 8.80. The summed E-state index contributed by atoms with van der Waals surface area (Å²) in [5.74, 6) is -0.742. The van der Waals surface area contributed by atoms with E-state index in [2.05, 4.69) is 9.97 Å². The zero-order valence-corrected chi connectivity index (χ0v) is 16.8. The van der Waals surface area contributed by atoms with Crippen molar-refractivity contribution in [3.63, 3.8) is 0 Å². The fourth-order valence-corrected chi connectivity index (χ4v) is 3.91. The minimum Gasteiger partial charge on any atom is -0.280 e. The van der Waals surface area contributed by atoms with E-state index in [4.69, 9.17) is 0 Å². The lowest BCUT2D eigenvalue weighted by Crippen LogP contribution is -2.28. The standard InChI is InChI=1S/C22H15FN4O3S/c23-17-7-8-19-20(12-17)31-22(25-19)26(14-16-4-2-10-24-13-16)21(28)9-6-15-3-1-5-18(11-15)27(29)30/h1-13H,14H2/b9-6+. The average Bonchev–Trinajstić information content (AvgIpc) is 3.19. The van der Waals surface area contributed by atoms with Crippen molar-refractivity contribution < 1.29 is 14.1 Å². The first-order valence-electron chi connectivity index (χ1n) is 9.18. The van der Waals surface area contributed by atoms with Crippen molar-refractivity contribution in [1.82, 2.24) is 9.97 Å². The van der Waals surface area contributed by atoms with Gasteiger partial charge in [0.1, 0.15) is 5.82 Å². The first kappa shape index (κ1) is 20.3. The zero-order valence-electron chi connectivity index (χ0n) is 16.0. The van der Waals surface area contributed by atoms with Gasteiger partial charge in [-0.3, -0.25) is 24.8 Å². The number of non-ortho nitro benzene ring substituents is 1. The number of benzene rings is 2. The third-order valence-corrected chi connectivity index (χ3v) is 5.44. The molecule has 1 amide bonds. The largest absolute Gasteiger partial charge is 0.280 e. The number of nitro groups is 1. The predicted octanol–water partition coefficient (Wildman–Crippen LogP) is 4.99. The van der Waals surface area contributed by atoms with Gasteiger partial charge in [-0.05, 0) is 41.5 Å². The molecule has 2 aromatic heterocycles. The topological polar surface area (TPSA) is 89.2 Å². The van der Waals surface area contributed by atoms with E-state index >= 15 is 0 Å². The summed E-state index contributed by atoms with van der Waals surface area (Å²) < 4.78 is 14.2. The Kier molecular flexibility index (Phi) is 5.76. The molecule has 0 aliphatic heterocycles. The van der Waals surface area contributed by atoms with Crippen LogP contribution in [0.25, 0.3) is 16.3 Å². The second-order valence-corrected chi connectivity index (χ2v) is 7.59. The molecule has 2 aromatic carbocycles. The van der Waals surface area contributed by atoms with Crippen LogP contribution in [0.5, 0.6) is 0 Å². The molecule has 0 atom stereocenters. The van der Waals surface area contributed by atoms with Crippen molar-refractivity contribution in [2.45, 2.75) is 6.54 Å². The SMILES string of the molecule is O=C(/C=C/c1cccc([N+](=O)[O-])c1)N(Cc1cccnc1)c1nc2ccc(F)cc2s1. The predicted molar refractivity (Wildman–Crippen MR) is 117 cm³/mol. The van der Waals surface area contributed by atoms with Gasteiger partial charge < -0.3 is 0 Å². The van der Waals surface area contributed by atoms with Crippen molar-refractivity contribution in [1.29, 1.82) is 0 Å². The smallest absolute Gasteiger partial charge is 0.270 e. The molecule has 0 radical (unpaired) electrons. The molecule has 0 saturated carbocycles. The summed E-state index contributed by atoms with van der Waals surface area (Å²) in [7, 11) is 0. The van der Waals surface area contributed by atoms with Crippen molar-refractivity contribution >= 4 is 44.4 Å². The Morgan fingerprint density at radius 1 is 1.19 bits per heavy atom. The monoisotopic (exact) mass is 434 g/mol. The summed E-state index contributed by atoms with van der Waals surface area (Å²) in [6.45, 7) is 0.217. The highest BCUT2D eigenvalue weighted by molar-refractivity contribution is 7.22. The van der Waals surface area contributed by atoms with Crippen molar-refractivity contribution in [2.24, 2.45) is 0 Å². The number of anilines is 1. The molecule has 7 nitrogen and oxygen atoms in total. The third kappa shape index (κ3) is 4.78. The number of rotatable bonds is 6. The normalized spacial score (nSPS) is 11.1. The van der Waals surface area contributed by atoms with E-state index in [0.717, 1.165) is 5.56 Å². The van der Waals surface area contributed by atoms with E-state index in [1.165, 1.54) is 52.7 Å². The molecule has 0 spiro atoms. The number of pyridine rings is 1. The Bertz CT molecular complexity index is 1290. The first-order valence-corrected chi connectivity index (χ1v) is 10.0. The van der Waals surface area contributed by atoms with Crippen LogP contribution >= 0.6 is 11.3 Å². The van der Waals surface area contributed by atoms with Gasteiger partial charge in [-0.15, -0.1) is 0 Å². The number of nitro benzene ring substituents is 1. The van der Waals surface area contributed by atoms with Crippen molar-refractivity contribution in [3.8, 4) is 0 Å². The Morgan fingerprint density at radius 2 is 2.06 bits per heavy atom. The molecule has 0 bridgehead atoms. The molecule has 0 N–H and O–H groups in total. The first-order chi connectivity index (χ1) is 15.0. The number of amides is 1. The maximum absolute atomic E-state index is 13.6. The highest BCUT2D eigenvalue weighted by atomic mass is 32.1. The number of hydrogen-bond donors (Lipinski definition) is 0. The number of nitrogens with zero attached hydrogens (tertiary/aromatic N) is 4. The summed E-state index contributed by atoms with van der Waals surface area (Å²) in [6.07, 6.45) is 6.14. The second-order valence-electron chi connectivity index (χ2n) is 6.58. The van der Waals surface area contributed by atoms with Gasteiger partial charge >= 0.3 is 0 Å². The zero-order chi connectivity index (χ0) is 21.8. The maximum atomic E-state index is 13.6. The maximum Gasteiger partial charge on any atom is 0.270 e. The molecule has 31 heavy (non-hydrogen) atoms. The van der Waals surface area contributed by atoms with Crippen LogP contribution in [0, 0.1) is 15.9 Å². The van der Waals surface area contributed by atoms with Gasteiger partial charge in [0, 0.05) is 30.6 Å². The molecule has 4 aromatic rings. The lowest BCUT2D eigenvalue weighted by atomic mass is 10.2. The highest BCUT2D eigenvalue weighted by Crippen LogP contribution is 2.30. The Morgan fingerprint density at radius 3 is 2.84 bits per heavy atom. The summed E-state index contributed by atoms with van der Waals surface area (Å²) >= 11 is 1.21. The number of fused-ring (bicyclic) bond motifs is 1. The lowest BCUT2D eigenvalue weighted by molar-refractivity contribution is -0.384. The third-order valence-electron chi connectivity index (χ3n) is 4.40. The number of aromatic nitrogens is 2. The van der Waals surface area contributed by atoms with Gasteiger partial charge in [0.25, 0.3) is 11.6 Å². The summed E-state index contributed by atoms with van der Waals surface area (Å²) in [5.41, 5.74) is 1.85. The van der Waals surface area contributed by atoms with Gasteiger partial charge in [0.05, 0.1) is 21.7 Å². The Labute approximate surface area is 180 Å². The van der Waals surface area contributed by atoms with E-state index in [1.807, 2.05) is 6.07 Å². The molecular weight excluding hydrogens is 419 g/mol. The van der Waals surface area contributed by atoms with E-state index in [0.29, 0.717) is 20.9 Å². The van der Waals surface area contributed by atoms with Gasteiger partial charge in [-0.1, -0.05) is 29.5 Å². The lowest BCUT2D eigenvalue weighted by Gasteiger charge is -2.18. The van der Waals surface area contributed by atoms with Gasteiger partial charge in [0.15, 0.2) is 5.13 Å². The summed E-state index contributed by atoms with van der Waals surface area (Å²) in [4.78, 5) is 33.6. The van der Waals surface area contributed by atoms with Crippen LogP contribution in [0.4, 0.5) is 15.2 Å². The van der Waals surface area contributed by atoms with Crippen LogP contribution in [-0.4, -0.2) is 20.8 Å². The minimum absolute atomic E-state index is 0.0602. The molecule has 0 saturated heterocycles. The van der Waals surface area contributed by atoms with Crippen LogP contribution < -0.4 is 4.90 Å². The number of thiazole rings is 1. The van der Waals surface area contributed by atoms with Crippen molar-refractivity contribution in [3.05, 3.63) is 100 Å². The fraction of sp³-hybridized carbons (Fsp3) is 0.0455. The number of carbonyl (C=O) groups excluding carboxylic acids is 1. The summed E-state index contributed by atoms with van der Waals surface area (Å²) in [6, 6.07) is 13.9. The highest BCUT2D eigenvalue weighted by Gasteiger charge is 2.19. The number of halogens is 1. The molecule has 2 heterocycles. The Hall–Kier alpha value is -3.98. The van der Waals surface area contributed by atoms with Crippen LogP contribution in [0.15, 0.2) is 73.1 Å². The molecule has 0 unspecified atom stereocenters. The molecular formula is C22H15FN4O3S. The molecule has 0 aliphatic carbocycles. The summed E-state index contributed by atoms with van der Waals surface area (Å²) in [5, 5.41) is 11.4. The van der Waals surface area contributed by atoms with E-state index < -0.39 is 4.92 Å². The minimum atomic E-state index is -0.492. The van der Waals surface area contributed by atoms with E-state index in [9.17, 15) is 19.3 Å². The fourth-order valence-electron chi connectivity index (χ4n) is 2.92. The van der Waals surface area contributed by atoms with Crippen LogP contribution in [0.3, 0.4) is 0 Å². The molecule has 0 fully saturated rings. The molecule has 154 valence electrons. The average molecular weight is 434 g/mol. The number of carbonyl (C=O) groups is 1. The molecule has 0 aliphatic rings. The quantitative estimate of drug-likeness (QED) is 0.242. The number of hydrogen-bond acceptors (Lipinski definition) is 6. The van der Waals surface area contributed by atoms with Gasteiger partial charge in [0.2, 0.25) is 0 Å². The Balaban J connectivity index is 1.66. The van der Waals surface area contributed by atoms with Crippen LogP contribution in [-0.2, 0) is 11.3 Å². The van der Waals surface area contributed by atoms with Gasteiger partial charge in [-0.25, -0.2) is 9.37 Å². The van der Waals surface area contributed by atoms with Gasteiger partial charge in [-0.2, -0.15) is 0 Å². The van der Waals surface area contributed by atoms with Crippen LogP contribution in [0.1, 0.15) is 11.1 Å². The molecule has 4 rings (SSSR count). The van der Waals surface area contributed by atoms with Crippen LogP contribution in [0.2, 0.25) is 0 Å². The van der Waals surface area contributed by atoms with E-state index in [1.54, 1.807) is 36.7 Å².